The van der Waals surface area contributed by atoms with Crippen LogP contribution < -0.4 is 15.5 Å². The topological polar surface area (TPSA) is 62.2 Å². The van der Waals surface area contributed by atoms with Gasteiger partial charge in [-0.05, 0) is 30.6 Å². The first-order chi connectivity index (χ1) is 10.7. The van der Waals surface area contributed by atoms with Crippen molar-refractivity contribution in [3.63, 3.8) is 0 Å². The fourth-order valence-electron chi connectivity index (χ4n) is 3.56. The molecule has 2 atom stereocenters. The molecule has 2 rings (SSSR count). The minimum absolute atomic E-state index is 0.0887. The molecule has 1 aliphatic rings. The number of hydrogen-bond donors (Lipinski definition) is 2. The third-order valence-electron chi connectivity index (χ3n) is 4.90. The number of hydrogen-bond acceptors (Lipinski definition) is 3. The highest BCUT2D eigenvalue weighted by Crippen LogP contribution is 2.38. The summed E-state index contributed by atoms with van der Waals surface area (Å²) in [6.45, 7) is 7.33. The van der Waals surface area contributed by atoms with Crippen LogP contribution in [0.2, 0.25) is 0 Å². The van der Waals surface area contributed by atoms with Crippen LogP contribution in [-0.4, -0.2) is 35.7 Å². The molecule has 2 amide bonds. The van der Waals surface area contributed by atoms with Gasteiger partial charge in [-0.15, -0.1) is 0 Å². The molecule has 23 heavy (non-hydrogen) atoms. The zero-order valence-electron chi connectivity index (χ0n) is 15.3. The molecule has 1 aliphatic carbocycles. The highest BCUT2D eigenvalue weighted by atomic mass is 16.2. The van der Waals surface area contributed by atoms with Gasteiger partial charge in [-0.3, -0.25) is 0 Å². The number of nitrogens with zero attached hydrogens (tertiary/aromatic N) is 3. The number of carbonyl (C=O) groups is 1. The maximum absolute atomic E-state index is 12.2. The summed E-state index contributed by atoms with van der Waals surface area (Å²) in [4.78, 5) is 18.5. The van der Waals surface area contributed by atoms with Gasteiger partial charge in [0.05, 0.1) is 18.4 Å². The zero-order valence-corrected chi connectivity index (χ0v) is 15.3. The van der Waals surface area contributed by atoms with Crippen LogP contribution in [0.4, 0.5) is 10.7 Å². The van der Waals surface area contributed by atoms with Gasteiger partial charge in [0.15, 0.2) is 0 Å². The van der Waals surface area contributed by atoms with Crippen LogP contribution in [0.15, 0.2) is 6.20 Å². The lowest BCUT2D eigenvalue weighted by atomic mass is 9.70. The summed E-state index contributed by atoms with van der Waals surface area (Å²) in [6, 6.07) is 0.182. The SMILES string of the molecule is CC1CC(C)(C)CCC1NC(=O)NCc1cnc(N(C)C)n1C. The number of imidazole rings is 1. The number of anilines is 1. The van der Waals surface area contributed by atoms with Gasteiger partial charge < -0.3 is 20.1 Å². The van der Waals surface area contributed by atoms with Gasteiger partial charge in [0.2, 0.25) is 5.95 Å². The Balaban J connectivity index is 1.84. The minimum atomic E-state index is -0.0887. The van der Waals surface area contributed by atoms with Crippen LogP contribution in [0.1, 0.15) is 45.7 Å². The molecule has 0 bridgehead atoms. The molecule has 0 saturated heterocycles. The second-order valence-corrected chi connectivity index (χ2v) is 7.82. The van der Waals surface area contributed by atoms with Gasteiger partial charge in [0, 0.05) is 27.2 Å². The van der Waals surface area contributed by atoms with E-state index < -0.39 is 0 Å². The van der Waals surface area contributed by atoms with Crippen molar-refractivity contribution in [2.75, 3.05) is 19.0 Å². The number of urea groups is 1. The van der Waals surface area contributed by atoms with Crippen molar-refractivity contribution in [1.82, 2.24) is 20.2 Å². The molecule has 130 valence electrons. The minimum Gasteiger partial charge on any atom is -0.348 e. The molecular formula is C17H31N5O. The maximum atomic E-state index is 12.2. The molecular weight excluding hydrogens is 290 g/mol. The molecule has 0 radical (unpaired) electrons. The van der Waals surface area contributed by atoms with Crippen LogP contribution in [0, 0.1) is 11.3 Å². The molecule has 1 fully saturated rings. The Bertz CT molecular complexity index is 549. The van der Waals surface area contributed by atoms with E-state index in [1.54, 1.807) is 6.20 Å². The summed E-state index contributed by atoms with van der Waals surface area (Å²) < 4.78 is 1.99. The number of carbonyl (C=O) groups excluding carboxylic acids is 1. The predicted molar refractivity (Wildman–Crippen MR) is 93.5 cm³/mol. The standard InChI is InChI=1S/C17H31N5O/c1-12-9-17(2,3)8-7-14(12)20-15(23)18-10-13-11-19-16(21(4)5)22(13)6/h11-12,14H,7-10H2,1-6H3,(H2,18,20,23). The second-order valence-electron chi connectivity index (χ2n) is 7.82. The Labute approximate surface area is 139 Å². The molecule has 6 heteroatoms. The van der Waals surface area contributed by atoms with E-state index in [-0.39, 0.29) is 12.1 Å². The molecule has 2 unspecified atom stereocenters. The Morgan fingerprint density at radius 3 is 2.74 bits per heavy atom. The third kappa shape index (κ3) is 4.39. The highest BCUT2D eigenvalue weighted by molar-refractivity contribution is 5.74. The van der Waals surface area contributed by atoms with Crippen LogP contribution in [0.25, 0.3) is 0 Å². The van der Waals surface area contributed by atoms with Gasteiger partial charge >= 0.3 is 6.03 Å². The van der Waals surface area contributed by atoms with Crippen molar-refractivity contribution >= 4 is 12.0 Å². The van der Waals surface area contributed by atoms with Gasteiger partial charge in [-0.25, -0.2) is 9.78 Å². The summed E-state index contributed by atoms with van der Waals surface area (Å²) in [5.74, 6) is 1.40. The molecule has 2 N–H and O–H groups in total. The number of amides is 2. The van der Waals surface area contributed by atoms with Crippen molar-refractivity contribution < 1.29 is 4.79 Å². The highest BCUT2D eigenvalue weighted by Gasteiger charge is 2.32. The number of aromatic nitrogens is 2. The molecule has 0 spiro atoms. The molecule has 0 aliphatic heterocycles. The number of nitrogens with one attached hydrogen (secondary N) is 2. The van der Waals surface area contributed by atoms with E-state index in [1.165, 1.54) is 0 Å². The summed E-state index contributed by atoms with van der Waals surface area (Å²) in [5.41, 5.74) is 1.38. The van der Waals surface area contributed by atoms with Gasteiger partial charge in [-0.2, -0.15) is 0 Å². The van der Waals surface area contributed by atoms with Crippen LogP contribution in [0.3, 0.4) is 0 Å². The van der Waals surface area contributed by atoms with E-state index in [2.05, 4.69) is 36.4 Å². The molecule has 0 aromatic carbocycles. The molecule has 1 saturated carbocycles. The van der Waals surface area contributed by atoms with Crippen molar-refractivity contribution in [1.29, 1.82) is 0 Å². The zero-order chi connectivity index (χ0) is 17.2. The van der Waals surface area contributed by atoms with Crippen LogP contribution in [0.5, 0.6) is 0 Å². The summed E-state index contributed by atoms with van der Waals surface area (Å²) in [5, 5.41) is 6.09. The molecule has 1 heterocycles. The van der Waals surface area contributed by atoms with Crippen molar-refractivity contribution in [3.8, 4) is 0 Å². The largest absolute Gasteiger partial charge is 0.348 e. The van der Waals surface area contributed by atoms with E-state index >= 15 is 0 Å². The summed E-state index contributed by atoms with van der Waals surface area (Å²) in [6.07, 6.45) is 5.18. The Morgan fingerprint density at radius 1 is 1.48 bits per heavy atom. The van der Waals surface area contributed by atoms with E-state index in [4.69, 9.17) is 0 Å². The smallest absolute Gasteiger partial charge is 0.315 e. The van der Waals surface area contributed by atoms with E-state index in [0.717, 1.165) is 30.9 Å². The average molecular weight is 321 g/mol. The monoisotopic (exact) mass is 321 g/mol. The van der Waals surface area contributed by atoms with Crippen LogP contribution >= 0.6 is 0 Å². The second kappa shape index (κ2) is 6.81. The fourth-order valence-corrected chi connectivity index (χ4v) is 3.56. The van der Waals surface area contributed by atoms with E-state index in [1.807, 2.05) is 30.6 Å². The fraction of sp³-hybridized carbons (Fsp3) is 0.765. The van der Waals surface area contributed by atoms with Crippen molar-refractivity contribution in [2.45, 2.75) is 52.6 Å². The third-order valence-corrected chi connectivity index (χ3v) is 4.90. The van der Waals surface area contributed by atoms with Gasteiger partial charge in [0.25, 0.3) is 0 Å². The summed E-state index contributed by atoms with van der Waals surface area (Å²) >= 11 is 0. The summed E-state index contributed by atoms with van der Waals surface area (Å²) in [7, 11) is 5.87. The maximum Gasteiger partial charge on any atom is 0.315 e. The molecule has 1 aromatic heterocycles. The first-order valence-electron chi connectivity index (χ1n) is 8.42. The average Bonchev–Trinajstić information content (AvgIpc) is 2.80. The lowest BCUT2D eigenvalue weighted by Gasteiger charge is -2.39. The lowest BCUT2D eigenvalue weighted by molar-refractivity contribution is 0.149. The predicted octanol–water partition coefficient (Wildman–Crippen LogP) is 2.50. The van der Waals surface area contributed by atoms with Crippen LogP contribution in [-0.2, 0) is 13.6 Å². The van der Waals surface area contributed by atoms with Gasteiger partial charge in [-0.1, -0.05) is 20.8 Å². The molecule has 1 aromatic rings. The van der Waals surface area contributed by atoms with Gasteiger partial charge in [0.1, 0.15) is 0 Å². The van der Waals surface area contributed by atoms with Crippen molar-refractivity contribution in [3.05, 3.63) is 11.9 Å². The first-order valence-corrected chi connectivity index (χ1v) is 8.42. The Kier molecular flexibility index (Phi) is 5.22. The Morgan fingerprint density at radius 2 is 2.17 bits per heavy atom. The number of rotatable bonds is 4. The lowest BCUT2D eigenvalue weighted by Crippen LogP contribution is -2.48. The van der Waals surface area contributed by atoms with E-state index in [9.17, 15) is 4.79 Å². The normalized spacial score (nSPS) is 23.4. The quantitative estimate of drug-likeness (QED) is 0.895. The first kappa shape index (κ1) is 17.6. The molecule has 6 nitrogen and oxygen atoms in total. The Hall–Kier alpha value is -1.72. The van der Waals surface area contributed by atoms with E-state index in [0.29, 0.717) is 17.9 Å². The van der Waals surface area contributed by atoms with Crippen molar-refractivity contribution in [2.24, 2.45) is 18.4 Å².